The molecule has 0 bridgehead atoms. The molecule has 1 fully saturated rings. The molecule has 1 aliphatic heterocycles. The van der Waals surface area contributed by atoms with Gasteiger partial charge in [0.05, 0.1) is 13.0 Å². The Hall–Kier alpha value is -3.09. The highest BCUT2D eigenvalue weighted by Crippen LogP contribution is 2.31. The standard InChI is InChI=1S/C27H36FN3O3/c1-4-5-13-30-27(33)31-17-22(21-10-11-24(28)19(2)15-21)16-23(18-31)26(32)29-14-12-20-8-6-7-9-25(20)34-3/h6-11,15,22-23H,4-5,12-14,16-18H2,1-3H3,(H,29,32)(H,30,33)/t22-,23-/m1/s1. The zero-order valence-electron chi connectivity index (χ0n) is 20.4. The fraction of sp³-hybridized carbons (Fsp3) is 0.481. The number of hydrogen-bond donors (Lipinski definition) is 2. The number of rotatable bonds is 9. The van der Waals surface area contributed by atoms with E-state index < -0.39 is 0 Å². The average molecular weight is 470 g/mol. The molecule has 6 nitrogen and oxygen atoms in total. The van der Waals surface area contributed by atoms with Gasteiger partial charge < -0.3 is 20.3 Å². The van der Waals surface area contributed by atoms with Crippen molar-refractivity contribution in [1.29, 1.82) is 0 Å². The first-order chi connectivity index (χ1) is 16.4. The Kier molecular flexibility index (Phi) is 9.31. The predicted molar refractivity (Wildman–Crippen MR) is 132 cm³/mol. The zero-order valence-corrected chi connectivity index (χ0v) is 20.4. The first-order valence-electron chi connectivity index (χ1n) is 12.1. The van der Waals surface area contributed by atoms with Crippen molar-refractivity contribution >= 4 is 11.9 Å². The molecule has 184 valence electrons. The number of unbranched alkanes of at least 4 members (excludes halogenated alkanes) is 1. The Labute approximate surface area is 201 Å². The van der Waals surface area contributed by atoms with Gasteiger partial charge in [-0.1, -0.05) is 43.7 Å². The van der Waals surface area contributed by atoms with Gasteiger partial charge in [-0.2, -0.15) is 0 Å². The van der Waals surface area contributed by atoms with E-state index in [1.807, 2.05) is 30.3 Å². The number of carbonyl (C=O) groups excluding carboxylic acids is 2. The minimum atomic E-state index is -0.335. The lowest BCUT2D eigenvalue weighted by Crippen LogP contribution is -2.51. The van der Waals surface area contributed by atoms with Gasteiger partial charge in [-0.25, -0.2) is 9.18 Å². The van der Waals surface area contributed by atoms with Gasteiger partial charge in [-0.05, 0) is 55.0 Å². The highest BCUT2D eigenvalue weighted by molar-refractivity contribution is 5.81. The quantitative estimate of drug-likeness (QED) is 0.534. The van der Waals surface area contributed by atoms with Crippen LogP contribution < -0.4 is 15.4 Å². The summed E-state index contributed by atoms with van der Waals surface area (Å²) in [4.78, 5) is 27.7. The molecule has 0 unspecified atom stereocenters. The van der Waals surface area contributed by atoms with Crippen molar-refractivity contribution in [2.24, 2.45) is 5.92 Å². The molecule has 0 spiro atoms. The molecule has 0 aromatic heterocycles. The maximum Gasteiger partial charge on any atom is 0.317 e. The highest BCUT2D eigenvalue weighted by Gasteiger charge is 2.34. The van der Waals surface area contributed by atoms with Crippen LogP contribution in [0.3, 0.4) is 0 Å². The molecular weight excluding hydrogens is 433 g/mol. The number of nitrogens with one attached hydrogen (secondary N) is 2. The average Bonchev–Trinajstić information content (AvgIpc) is 2.85. The summed E-state index contributed by atoms with van der Waals surface area (Å²) in [7, 11) is 1.64. The fourth-order valence-corrected chi connectivity index (χ4v) is 4.48. The summed E-state index contributed by atoms with van der Waals surface area (Å²) in [5.74, 6) is 0.119. The second kappa shape index (κ2) is 12.4. The molecule has 2 N–H and O–H groups in total. The van der Waals surface area contributed by atoms with E-state index in [2.05, 4.69) is 17.6 Å². The molecule has 2 aromatic carbocycles. The van der Waals surface area contributed by atoms with E-state index >= 15 is 0 Å². The van der Waals surface area contributed by atoms with E-state index in [9.17, 15) is 14.0 Å². The predicted octanol–water partition coefficient (Wildman–Crippen LogP) is 4.42. The number of halogens is 1. The number of methoxy groups -OCH3 is 1. The minimum absolute atomic E-state index is 0.0325. The van der Waals surface area contributed by atoms with Crippen molar-refractivity contribution in [2.45, 2.75) is 45.4 Å². The molecule has 0 radical (unpaired) electrons. The summed E-state index contributed by atoms with van der Waals surface area (Å²) in [6.45, 7) is 5.79. The fourth-order valence-electron chi connectivity index (χ4n) is 4.48. The molecule has 2 atom stereocenters. The molecule has 0 saturated carbocycles. The first-order valence-corrected chi connectivity index (χ1v) is 12.1. The lowest BCUT2D eigenvalue weighted by molar-refractivity contribution is -0.126. The number of carbonyl (C=O) groups is 2. The Morgan fingerprint density at radius 2 is 1.91 bits per heavy atom. The van der Waals surface area contributed by atoms with E-state index in [-0.39, 0.29) is 29.6 Å². The number of aryl methyl sites for hydroxylation is 1. The number of para-hydroxylation sites is 1. The number of hydrogen-bond acceptors (Lipinski definition) is 3. The van der Waals surface area contributed by atoms with Crippen molar-refractivity contribution in [3.8, 4) is 5.75 Å². The molecule has 34 heavy (non-hydrogen) atoms. The first kappa shape index (κ1) is 25.5. The number of benzene rings is 2. The molecule has 0 aliphatic carbocycles. The number of nitrogens with zero attached hydrogens (tertiary/aromatic N) is 1. The second-order valence-corrected chi connectivity index (χ2v) is 8.98. The molecule has 3 rings (SSSR count). The third-order valence-electron chi connectivity index (χ3n) is 6.45. The summed E-state index contributed by atoms with van der Waals surface area (Å²) in [5, 5.41) is 6.01. The Bertz CT molecular complexity index is 981. The third kappa shape index (κ3) is 6.72. The summed E-state index contributed by atoms with van der Waals surface area (Å²) in [6.07, 6.45) is 3.18. The van der Waals surface area contributed by atoms with Crippen LogP contribution >= 0.6 is 0 Å². The largest absolute Gasteiger partial charge is 0.496 e. The van der Waals surface area contributed by atoms with E-state index in [4.69, 9.17) is 4.74 Å². The molecule has 3 amide bonds. The Morgan fingerprint density at radius 1 is 1.12 bits per heavy atom. The second-order valence-electron chi connectivity index (χ2n) is 8.98. The third-order valence-corrected chi connectivity index (χ3v) is 6.45. The minimum Gasteiger partial charge on any atom is -0.496 e. The van der Waals surface area contributed by atoms with Gasteiger partial charge in [0.25, 0.3) is 0 Å². The van der Waals surface area contributed by atoms with Crippen LogP contribution in [0.2, 0.25) is 0 Å². The number of piperidine rings is 1. The molecule has 1 aliphatic rings. The summed E-state index contributed by atoms with van der Waals surface area (Å²) in [6, 6.07) is 12.7. The Balaban J connectivity index is 1.68. The highest BCUT2D eigenvalue weighted by atomic mass is 19.1. The maximum atomic E-state index is 13.8. The van der Waals surface area contributed by atoms with Crippen LogP contribution in [0.1, 0.15) is 48.8 Å². The summed E-state index contributed by atoms with van der Waals surface area (Å²) in [5.41, 5.74) is 2.56. The van der Waals surface area contributed by atoms with Crippen molar-refractivity contribution in [1.82, 2.24) is 15.5 Å². The van der Waals surface area contributed by atoms with Crippen molar-refractivity contribution < 1.29 is 18.7 Å². The van der Waals surface area contributed by atoms with Crippen LogP contribution in [-0.2, 0) is 11.2 Å². The van der Waals surface area contributed by atoms with Crippen LogP contribution in [0.15, 0.2) is 42.5 Å². The van der Waals surface area contributed by atoms with Crippen LogP contribution in [-0.4, -0.2) is 50.1 Å². The van der Waals surface area contributed by atoms with Crippen molar-refractivity contribution in [3.05, 3.63) is 65.0 Å². The van der Waals surface area contributed by atoms with Crippen molar-refractivity contribution in [2.75, 3.05) is 33.3 Å². The lowest BCUT2D eigenvalue weighted by Gasteiger charge is -2.37. The summed E-state index contributed by atoms with van der Waals surface area (Å²) < 4.78 is 19.2. The smallest absolute Gasteiger partial charge is 0.317 e. The zero-order chi connectivity index (χ0) is 24.5. The van der Waals surface area contributed by atoms with E-state index in [0.717, 1.165) is 29.7 Å². The Morgan fingerprint density at radius 3 is 2.65 bits per heavy atom. The molecule has 1 saturated heterocycles. The molecule has 2 aromatic rings. The lowest BCUT2D eigenvalue weighted by atomic mass is 9.83. The van der Waals surface area contributed by atoms with Crippen LogP contribution in [0.25, 0.3) is 0 Å². The monoisotopic (exact) mass is 469 g/mol. The van der Waals surface area contributed by atoms with Crippen LogP contribution in [0.4, 0.5) is 9.18 Å². The van der Waals surface area contributed by atoms with Gasteiger partial charge in [0.15, 0.2) is 0 Å². The number of amides is 3. The molecule has 7 heteroatoms. The van der Waals surface area contributed by atoms with E-state index in [1.54, 1.807) is 25.0 Å². The number of urea groups is 1. The van der Waals surface area contributed by atoms with Gasteiger partial charge in [0.1, 0.15) is 11.6 Å². The number of ether oxygens (including phenoxy) is 1. The SMILES string of the molecule is CCCCNC(=O)N1C[C@H](C(=O)NCCc2ccccc2OC)C[C@@H](c2ccc(F)c(C)c2)C1. The van der Waals surface area contributed by atoms with Crippen LogP contribution in [0, 0.1) is 18.7 Å². The van der Waals surface area contributed by atoms with Crippen molar-refractivity contribution in [3.63, 3.8) is 0 Å². The van der Waals surface area contributed by atoms with E-state index in [0.29, 0.717) is 44.6 Å². The summed E-state index contributed by atoms with van der Waals surface area (Å²) >= 11 is 0. The topological polar surface area (TPSA) is 70.7 Å². The van der Waals surface area contributed by atoms with Gasteiger partial charge in [0, 0.05) is 32.1 Å². The molecule has 1 heterocycles. The molecular formula is C27H36FN3O3. The van der Waals surface area contributed by atoms with E-state index in [1.165, 1.54) is 6.07 Å². The van der Waals surface area contributed by atoms with Crippen LogP contribution in [0.5, 0.6) is 5.75 Å². The van der Waals surface area contributed by atoms with Gasteiger partial charge in [-0.3, -0.25) is 4.79 Å². The normalized spacial score (nSPS) is 17.8. The van der Waals surface area contributed by atoms with Gasteiger partial charge in [-0.15, -0.1) is 0 Å². The maximum absolute atomic E-state index is 13.8. The van der Waals surface area contributed by atoms with Gasteiger partial charge >= 0.3 is 6.03 Å². The van der Waals surface area contributed by atoms with Gasteiger partial charge in [0.2, 0.25) is 5.91 Å². The number of likely N-dealkylation sites (tertiary alicyclic amines) is 1.